The van der Waals surface area contributed by atoms with Gasteiger partial charge in [-0.2, -0.15) is 10.2 Å². The molecular weight excluding hydrogens is 296 g/mol. The first-order valence-corrected chi connectivity index (χ1v) is 7.63. The number of hydrogen-bond donors (Lipinski definition) is 2. The number of rotatable bonds is 1. The van der Waals surface area contributed by atoms with Crippen molar-refractivity contribution in [3.05, 3.63) is 24.2 Å². The maximum absolute atomic E-state index is 13.1. The van der Waals surface area contributed by atoms with Crippen LogP contribution in [0.3, 0.4) is 0 Å². The van der Waals surface area contributed by atoms with Gasteiger partial charge in [0, 0.05) is 31.6 Å². The molecule has 5 rings (SSSR count). The minimum atomic E-state index is -0.133. The van der Waals surface area contributed by atoms with Gasteiger partial charge in [0.15, 0.2) is 5.69 Å². The smallest absolute Gasteiger partial charge is 0.280 e. The Hall–Kier alpha value is -2.74. The van der Waals surface area contributed by atoms with Gasteiger partial charge in [-0.3, -0.25) is 19.9 Å². The summed E-state index contributed by atoms with van der Waals surface area (Å²) in [6.07, 6.45) is 5.00. The third-order valence-corrected chi connectivity index (χ3v) is 4.56. The van der Waals surface area contributed by atoms with Crippen LogP contribution in [0.5, 0.6) is 0 Å². The quantitative estimate of drug-likeness (QED) is 0.709. The molecule has 0 radical (unpaired) electrons. The van der Waals surface area contributed by atoms with E-state index in [9.17, 15) is 4.79 Å². The van der Waals surface area contributed by atoms with Crippen molar-refractivity contribution >= 4 is 22.6 Å². The largest absolute Gasteiger partial charge is 0.381 e. The van der Waals surface area contributed by atoms with Crippen LogP contribution < -0.4 is 4.90 Å². The van der Waals surface area contributed by atoms with Gasteiger partial charge in [-0.05, 0) is 18.9 Å². The molecule has 0 aliphatic carbocycles. The van der Waals surface area contributed by atoms with E-state index in [1.54, 1.807) is 17.3 Å². The highest BCUT2D eigenvalue weighted by molar-refractivity contribution is 6.17. The average Bonchev–Trinajstić information content (AvgIpc) is 3.20. The van der Waals surface area contributed by atoms with Crippen LogP contribution in [0.2, 0.25) is 0 Å². The number of aromatic amines is 2. The van der Waals surface area contributed by atoms with Gasteiger partial charge in [-0.1, -0.05) is 0 Å². The van der Waals surface area contributed by atoms with Crippen LogP contribution in [0.1, 0.15) is 23.3 Å². The predicted molar refractivity (Wildman–Crippen MR) is 82.1 cm³/mol. The lowest BCUT2D eigenvalue weighted by atomic mass is 10.1. The fraction of sp³-hybridized carbons (Fsp3) is 0.333. The van der Waals surface area contributed by atoms with E-state index >= 15 is 0 Å². The van der Waals surface area contributed by atoms with Gasteiger partial charge >= 0.3 is 0 Å². The van der Waals surface area contributed by atoms with E-state index in [1.807, 2.05) is 6.07 Å². The molecular formula is C15H14N6O2. The van der Waals surface area contributed by atoms with Gasteiger partial charge in [-0.25, -0.2) is 4.98 Å². The van der Waals surface area contributed by atoms with Crippen molar-refractivity contribution in [1.29, 1.82) is 0 Å². The number of nitrogens with zero attached hydrogens (tertiary/aromatic N) is 4. The van der Waals surface area contributed by atoms with Crippen LogP contribution in [0.15, 0.2) is 18.5 Å². The molecule has 0 aromatic carbocycles. The van der Waals surface area contributed by atoms with Crippen LogP contribution >= 0.6 is 0 Å². The van der Waals surface area contributed by atoms with Crippen LogP contribution in [0.25, 0.3) is 22.2 Å². The first-order chi connectivity index (χ1) is 11.3. The maximum Gasteiger partial charge on any atom is 0.280 e. The molecule has 0 unspecified atom stereocenters. The molecule has 1 fully saturated rings. The maximum atomic E-state index is 13.1. The van der Waals surface area contributed by atoms with Crippen LogP contribution in [0, 0.1) is 0 Å². The van der Waals surface area contributed by atoms with Gasteiger partial charge in [0.05, 0.1) is 16.5 Å². The van der Waals surface area contributed by atoms with Crippen molar-refractivity contribution in [2.45, 2.75) is 18.9 Å². The van der Waals surface area contributed by atoms with E-state index in [-0.39, 0.29) is 11.9 Å². The molecule has 8 nitrogen and oxygen atoms in total. The van der Waals surface area contributed by atoms with Crippen LogP contribution in [-0.4, -0.2) is 50.5 Å². The normalized spacial score (nSPS) is 18.3. The number of H-pyrrole nitrogens is 2. The Labute approximate surface area is 130 Å². The van der Waals surface area contributed by atoms with Gasteiger partial charge in [0.1, 0.15) is 11.5 Å². The summed E-state index contributed by atoms with van der Waals surface area (Å²) >= 11 is 0. The molecule has 2 N–H and O–H groups in total. The number of hydrogen-bond acceptors (Lipinski definition) is 5. The van der Waals surface area contributed by atoms with Gasteiger partial charge in [-0.15, -0.1) is 0 Å². The molecule has 0 atom stereocenters. The SMILES string of the molecule is O=C1c2n[nH]cc2-c2n[nH]c3ccnc(c23)N1C1CCOCC1. The lowest BCUT2D eigenvalue weighted by molar-refractivity contribution is 0.0769. The van der Waals surface area contributed by atoms with Crippen molar-refractivity contribution in [3.8, 4) is 11.3 Å². The Morgan fingerprint density at radius 1 is 1.22 bits per heavy atom. The molecule has 3 aromatic heterocycles. The zero-order valence-corrected chi connectivity index (χ0v) is 12.2. The van der Waals surface area contributed by atoms with Crippen molar-refractivity contribution in [3.63, 3.8) is 0 Å². The first kappa shape index (κ1) is 12.8. The van der Waals surface area contributed by atoms with Crippen molar-refractivity contribution in [1.82, 2.24) is 25.4 Å². The second-order valence-corrected chi connectivity index (χ2v) is 5.80. The molecule has 0 saturated carbocycles. The zero-order valence-electron chi connectivity index (χ0n) is 12.2. The summed E-state index contributed by atoms with van der Waals surface area (Å²) in [7, 11) is 0. The lowest BCUT2D eigenvalue weighted by Gasteiger charge is -2.32. The standard InChI is InChI=1S/C15H14N6O2/c22-15-13-9(7-17-19-13)12-11-10(18-20-12)1-4-16-14(11)21(15)8-2-5-23-6-3-8/h1,4,7-8H,2-3,5-6H2,(H,17,19)(H,18,20). The number of amides is 1. The van der Waals surface area contributed by atoms with Crippen LogP contribution in [0.4, 0.5) is 5.82 Å². The monoisotopic (exact) mass is 310 g/mol. The second kappa shape index (κ2) is 4.63. The highest BCUT2D eigenvalue weighted by Gasteiger charge is 2.37. The molecule has 116 valence electrons. The molecule has 2 aliphatic heterocycles. The summed E-state index contributed by atoms with van der Waals surface area (Å²) in [5.74, 6) is 0.521. The van der Waals surface area contributed by atoms with Crippen molar-refractivity contribution < 1.29 is 9.53 Å². The minimum Gasteiger partial charge on any atom is -0.381 e. The summed E-state index contributed by atoms with van der Waals surface area (Å²) in [5.41, 5.74) is 2.69. The Bertz CT molecular complexity index is 908. The highest BCUT2D eigenvalue weighted by atomic mass is 16.5. The number of carbonyl (C=O) groups is 1. The van der Waals surface area contributed by atoms with Crippen LogP contribution in [-0.2, 0) is 4.74 Å². The van der Waals surface area contributed by atoms with E-state index in [0.29, 0.717) is 30.3 Å². The summed E-state index contributed by atoms with van der Waals surface area (Å²) in [6.45, 7) is 1.30. The van der Waals surface area contributed by atoms with E-state index in [4.69, 9.17) is 4.74 Å². The number of anilines is 1. The molecule has 2 aliphatic rings. The number of nitrogens with one attached hydrogen (secondary N) is 2. The third kappa shape index (κ3) is 1.69. The van der Waals surface area contributed by atoms with Gasteiger partial charge < -0.3 is 4.74 Å². The molecule has 5 heterocycles. The van der Waals surface area contributed by atoms with E-state index in [0.717, 1.165) is 29.4 Å². The summed E-state index contributed by atoms with van der Waals surface area (Å²) in [5, 5.41) is 15.2. The number of carbonyl (C=O) groups excluding carboxylic acids is 1. The van der Waals surface area contributed by atoms with Crippen molar-refractivity contribution in [2.24, 2.45) is 0 Å². The Balaban J connectivity index is 1.81. The molecule has 0 spiro atoms. The minimum absolute atomic E-state index is 0.0553. The number of fused-ring (bicyclic) bond motifs is 2. The van der Waals surface area contributed by atoms with Gasteiger partial charge in [0.2, 0.25) is 0 Å². The number of pyridine rings is 1. The molecule has 23 heavy (non-hydrogen) atoms. The molecule has 0 bridgehead atoms. The molecule has 3 aromatic rings. The van der Waals surface area contributed by atoms with E-state index < -0.39 is 0 Å². The van der Waals surface area contributed by atoms with E-state index in [1.165, 1.54) is 0 Å². The fourth-order valence-electron chi connectivity index (χ4n) is 3.45. The first-order valence-electron chi connectivity index (χ1n) is 7.63. The lowest BCUT2D eigenvalue weighted by Crippen LogP contribution is -2.44. The number of ether oxygens (including phenoxy) is 1. The van der Waals surface area contributed by atoms with Crippen molar-refractivity contribution in [2.75, 3.05) is 18.1 Å². The molecule has 8 heteroatoms. The second-order valence-electron chi connectivity index (χ2n) is 5.80. The Kier molecular flexibility index (Phi) is 2.57. The highest BCUT2D eigenvalue weighted by Crippen LogP contribution is 2.39. The third-order valence-electron chi connectivity index (χ3n) is 4.56. The Morgan fingerprint density at radius 3 is 2.96 bits per heavy atom. The predicted octanol–water partition coefficient (Wildman–Crippen LogP) is 1.49. The summed E-state index contributed by atoms with van der Waals surface area (Å²) in [6, 6.07) is 1.92. The van der Waals surface area contributed by atoms with E-state index in [2.05, 4.69) is 25.4 Å². The average molecular weight is 310 g/mol. The fourth-order valence-corrected chi connectivity index (χ4v) is 3.45. The van der Waals surface area contributed by atoms with Gasteiger partial charge in [0.25, 0.3) is 5.91 Å². The number of aromatic nitrogens is 5. The summed E-state index contributed by atoms with van der Waals surface area (Å²) < 4.78 is 5.44. The summed E-state index contributed by atoms with van der Waals surface area (Å²) in [4.78, 5) is 19.4. The molecule has 1 saturated heterocycles. The zero-order chi connectivity index (χ0) is 15.4. The topological polar surface area (TPSA) is 99.8 Å². The Morgan fingerprint density at radius 2 is 2.09 bits per heavy atom. The molecule has 1 amide bonds.